The van der Waals surface area contributed by atoms with E-state index >= 15 is 0 Å². The van der Waals surface area contributed by atoms with Gasteiger partial charge < -0.3 is 14.8 Å². The first-order chi connectivity index (χ1) is 7.29. The minimum absolute atomic E-state index is 0.318. The van der Waals surface area contributed by atoms with E-state index in [0.29, 0.717) is 0 Å². The lowest BCUT2D eigenvalue weighted by Crippen LogP contribution is -2.36. The monoisotopic (exact) mass is 213 g/mol. The molecule has 0 aromatic rings. The van der Waals surface area contributed by atoms with Gasteiger partial charge in [-0.3, -0.25) is 0 Å². The van der Waals surface area contributed by atoms with Crippen LogP contribution in [0, 0.1) is 0 Å². The molecule has 1 aliphatic carbocycles. The van der Waals surface area contributed by atoms with E-state index in [4.69, 9.17) is 9.47 Å². The third kappa shape index (κ3) is 3.44. The first-order valence-electron chi connectivity index (χ1n) is 6.30. The van der Waals surface area contributed by atoms with Crippen LogP contribution in [0.2, 0.25) is 0 Å². The second-order valence-corrected chi connectivity index (χ2v) is 4.87. The third-order valence-electron chi connectivity index (χ3n) is 3.52. The molecule has 1 N–H and O–H groups in total. The van der Waals surface area contributed by atoms with Crippen LogP contribution in [0.4, 0.5) is 0 Å². The molecule has 0 radical (unpaired) electrons. The fraction of sp³-hybridized carbons (Fsp3) is 1.00. The predicted octanol–water partition coefficient (Wildman–Crippen LogP) is 2.06. The van der Waals surface area contributed by atoms with Crippen molar-refractivity contribution >= 4 is 0 Å². The Kier molecular flexibility index (Phi) is 4.00. The molecule has 15 heavy (non-hydrogen) atoms. The van der Waals surface area contributed by atoms with Crippen LogP contribution in [-0.4, -0.2) is 31.6 Å². The quantitative estimate of drug-likeness (QED) is 0.775. The van der Waals surface area contributed by atoms with Crippen molar-refractivity contribution in [1.82, 2.24) is 5.32 Å². The molecule has 0 aromatic carbocycles. The highest BCUT2D eigenvalue weighted by Crippen LogP contribution is 2.22. The average molecular weight is 213 g/mol. The highest BCUT2D eigenvalue weighted by Gasteiger charge is 2.30. The lowest BCUT2D eigenvalue weighted by molar-refractivity contribution is -0.145. The predicted molar refractivity (Wildman–Crippen MR) is 59.8 cm³/mol. The van der Waals surface area contributed by atoms with Gasteiger partial charge in [0.05, 0.1) is 13.2 Å². The largest absolute Gasteiger partial charge is 0.348 e. The van der Waals surface area contributed by atoms with Crippen LogP contribution in [0.3, 0.4) is 0 Å². The molecule has 0 bridgehead atoms. The molecule has 1 heterocycles. The summed E-state index contributed by atoms with van der Waals surface area (Å²) in [5.74, 6) is -0.318. The summed E-state index contributed by atoms with van der Waals surface area (Å²) in [5, 5.41) is 3.61. The van der Waals surface area contributed by atoms with Crippen molar-refractivity contribution in [3.05, 3.63) is 0 Å². The van der Waals surface area contributed by atoms with E-state index in [1.807, 2.05) is 6.92 Å². The number of ether oxygens (including phenoxy) is 2. The van der Waals surface area contributed by atoms with Crippen LogP contribution in [0.15, 0.2) is 0 Å². The number of rotatable bonds is 4. The lowest BCUT2D eigenvalue weighted by Gasteiger charge is -2.26. The summed E-state index contributed by atoms with van der Waals surface area (Å²) >= 11 is 0. The Labute approximate surface area is 92.5 Å². The normalized spacial score (nSPS) is 27.0. The van der Waals surface area contributed by atoms with Gasteiger partial charge in [0.1, 0.15) is 0 Å². The van der Waals surface area contributed by atoms with Crippen LogP contribution in [-0.2, 0) is 9.47 Å². The molecule has 3 heteroatoms. The van der Waals surface area contributed by atoms with Crippen LogP contribution in [0.25, 0.3) is 0 Å². The van der Waals surface area contributed by atoms with E-state index in [2.05, 4.69) is 5.32 Å². The van der Waals surface area contributed by atoms with Crippen LogP contribution in [0.5, 0.6) is 0 Å². The Hall–Kier alpha value is -0.120. The van der Waals surface area contributed by atoms with Crippen molar-refractivity contribution in [3.63, 3.8) is 0 Å². The molecule has 0 spiro atoms. The van der Waals surface area contributed by atoms with Gasteiger partial charge in [0.15, 0.2) is 5.79 Å². The molecule has 1 saturated heterocycles. The summed E-state index contributed by atoms with van der Waals surface area (Å²) in [4.78, 5) is 0. The molecule has 88 valence electrons. The van der Waals surface area contributed by atoms with Crippen molar-refractivity contribution in [3.8, 4) is 0 Å². The first-order valence-corrected chi connectivity index (χ1v) is 6.30. The van der Waals surface area contributed by atoms with Gasteiger partial charge in [0.25, 0.3) is 0 Å². The SMILES string of the molecule is CC1(CCNC2CCCCC2)OCCO1. The molecule has 1 saturated carbocycles. The molecule has 3 nitrogen and oxygen atoms in total. The maximum Gasteiger partial charge on any atom is 0.166 e. The second kappa shape index (κ2) is 5.28. The summed E-state index contributed by atoms with van der Waals surface area (Å²) in [7, 11) is 0. The fourth-order valence-corrected chi connectivity index (χ4v) is 2.51. The molecule has 0 unspecified atom stereocenters. The van der Waals surface area contributed by atoms with Crippen molar-refractivity contribution in [1.29, 1.82) is 0 Å². The highest BCUT2D eigenvalue weighted by atomic mass is 16.7. The summed E-state index contributed by atoms with van der Waals surface area (Å²) < 4.78 is 11.1. The van der Waals surface area contributed by atoms with Crippen LogP contribution in [0.1, 0.15) is 45.4 Å². The maximum atomic E-state index is 5.57. The van der Waals surface area contributed by atoms with Gasteiger partial charge in [-0.15, -0.1) is 0 Å². The topological polar surface area (TPSA) is 30.5 Å². The van der Waals surface area contributed by atoms with E-state index in [1.165, 1.54) is 32.1 Å². The minimum atomic E-state index is -0.318. The van der Waals surface area contributed by atoms with Gasteiger partial charge in [-0.2, -0.15) is 0 Å². The smallest absolute Gasteiger partial charge is 0.166 e. The van der Waals surface area contributed by atoms with Crippen molar-refractivity contribution < 1.29 is 9.47 Å². The molecule has 1 aliphatic heterocycles. The zero-order valence-electron chi connectivity index (χ0n) is 9.76. The van der Waals surface area contributed by atoms with Crippen molar-refractivity contribution in [2.24, 2.45) is 0 Å². The zero-order chi connectivity index (χ0) is 10.6. The molecule has 0 aromatic heterocycles. The van der Waals surface area contributed by atoms with E-state index < -0.39 is 0 Å². The van der Waals surface area contributed by atoms with Crippen molar-refractivity contribution in [2.75, 3.05) is 19.8 Å². The van der Waals surface area contributed by atoms with Gasteiger partial charge in [0, 0.05) is 19.0 Å². The fourth-order valence-electron chi connectivity index (χ4n) is 2.51. The lowest BCUT2D eigenvalue weighted by atomic mass is 9.95. The van der Waals surface area contributed by atoms with E-state index in [-0.39, 0.29) is 5.79 Å². The van der Waals surface area contributed by atoms with Crippen molar-refractivity contribution in [2.45, 2.75) is 57.3 Å². The molecular formula is C12H23NO2. The summed E-state index contributed by atoms with van der Waals surface area (Å²) in [6.45, 7) is 4.56. The summed E-state index contributed by atoms with van der Waals surface area (Å²) in [6, 6.07) is 0.740. The zero-order valence-corrected chi connectivity index (χ0v) is 9.76. The molecular weight excluding hydrogens is 190 g/mol. The van der Waals surface area contributed by atoms with E-state index in [0.717, 1.165) is 32.2 Å². The Morgan fingerprint density at radius 1 is 1.13 bits per heavy atom. The molecule has 0 atom stereocenters. The van der Waals surface area contributed by atoms with Gasteiger partial charge in [-0.05, 0) is 19.8 Å². The second-order valence-electron chi connectivity index (χ2n) is 4.87. The van der Waals surface area contributed by atoms with E-state index in [9.17, 15) is 0 Å². The van der Waals surface area contributed by atoms with Gasteiger partial charge >= 0.3 is 0 Å². The first kappa shape index (κ1) is 11.4. The summed E-state index contributed by atoms with van der Waals surface area (Å²) in [5.41, 5.74) is 0. The number of nitrogens with one attached hydrogen (secondary N) is 1. The Bertz CT molecular complexity index is 184. The van der Waals surface area contributed by atoms with Crippen LogP contribution >= 0.6 is 0 Å². The van der Waals surface area contributed by atoms with Gasteiger partial charge in [0.2, 0.25) is 0 Å². The standard InChI is InChI=1S/C12H23NO2/c1-12(14-9-10-15-12)7-8-13-11-5-3-2-4-6-11/h11,13H,2-10H2,1H3. The molecule has 2 rings (SSSR count). The Morgan fingerprint density at radius 2 is 1.80 bits per heavy atom. The van der Waals surface area contributed by atoms with E-state index in [1.54, 1.807) is 0 Å². The van der Waals surface area contributed by atoms with Crippen LogP contribution < -0.4 is 5.32 Å². The number of hydrogen-bond acceptors (Lipinski definition) is 3. The highest BCUT2D eigenvalue weighted by molar-refractivity contribution is 4.75. The maximum absolute atomic E-state index is 5.57. The Balaban J connectivity index is 1.61. The molecule has 2 fully saturated rings. The van der Waals surface area contributed by atoms with Gasteiger partial charge in [-0.25, -0.2) is 0 Å². The number of hydrogen-bond donors (Lipinski definition) is 1. The van der Waals surface area contributed by atoms with Gasteiger partial charge in [-0.1, -0.05) is 19.3 Å². The third-order valence-corrected chi connectivity index (χ3v) is 3.52. The summed E-state index contributed by atoms with van der Waals surface area (Å²) in [6.07, 6.45) is 7.85. The minimum Gasteiger partial charge on any atom is -0.348 e. The molecule has 2 aliphatic rings. The average Bonchev–Trinajstić information content (AvgIpc) is 2.67. The molecule has 0 amide bonds. The Morgan fingerprint density at radius 3 is 2.47 bits per heavy atom.